The Balaban J connectivity index is 1.95. The second kappa shape index (κ2) is 7.29. The van der Waals surface area contributed by atoms with Gasteiger partial charge in [0.05, 0.1) is 5.92 Å². The molecule has 0 saturated carbocycles. The van der Waals surface area contributed by atoms with E-state index in [1.165, 1.54) is 0 Å². The first-order valence-electron chi connectivity index (χ1n) is 7.65. The van der Waals surface area contributed by atoms with Crippen LogP contribution in [0.2, 0.25) is 0 Å². The van der Waals surface area contributed by atoms with Crippen LogP contribution in [0, 0.1) is 5.92 Å². The number of anilines is 1. The van der Waals surface area contributed by atoms with Crippen LogP contribution >= 0.6 is 15.9 Å². The molecule has 2 heterocycles. The molecule has 1 aromatic rings. The summed E-state index contributed by atoms with van der Waals surface area (Å²) in [5.74, 6) is 0.125. The summed E-state index contributed by atoms with van der Waals surface area (Å²) >= 11 is 3.34. The van der Waals surface area contributed by atoms with Crippen LogP contribution in [0.1, 0.15) is 33.6 Å². The Hall–Kier alpha value is -1.63. The minimum Gasteiger partial charge on any atom is -0.444 e. The number of pyridine rings is 1. The monoisotopic (exact) mass is 383 g/mol. The minimum absolute atomic E-state index is 0.121. The summed E-state index contributed by atoms with van der Waals surface area (Å²) in [4.78, 5) is 30.2. The van der Waals surface area contributed by atoms with Crippen molar-refractivity contribution in [2.24, 2.45) is 5.92 Å². The van der Waals surface area contributed by atoms with Gasteiger partial charge < -0.3 is 15.0 Å². The molecule has 1 saturated heterocycles. The van der Waals surface area contributed by atoms with Crippen molar-refractivity contribution in [2.75, 3.05) is 18.4 Å². The van der Waals surface area contributed by atoms with Crippen LogP contribution in [-0.2, 0) is 9.53 Å². The number of piperidine rings is 1. The van der Waals surface area contributed by atoms with E-state index in [0.29, 0.717) is 18.9 Å². The Kier molecular flexibility index (Phi) is 5.62. The molecule has 23 heavy (non-hydrogen) atoms. The van der Waals surface area contributed by atoms with Gasteiger partial charge in [-0.3, -0.25) is 4.79 Å². The van der Waals surface area contributed by atoms with Crippen LogP contribution in [0.4, 0.5) is 10.6 Å². The number of carbonyl (C=O) groups excluding carboxylic acids is 2. The van der Waals surface area contributed by atoms with E-state index in [2.05, 4.69) is 26.2 Å². The summed E-state index contributed by atoms with van der Waals surface area (Å²) in [6.07, 6.45) is 2.78. The average molecular weight is 384 g/mol. The first-order chi connectivity index (χ1) is 10.7. The number of hydrogen-bond acceptors (Lipinski definition) is 4. The van der Waals surface area contributed by atoms with Crippen LogP contribution < -0.4 is 5.32 Å². The number of aromatic nitrogens is 1. The van der Waals surface area contributed by atoms with E-state index < -0.39 is 5.60 Å². The predicted octanol–water partition coefficient (Wildman–Crippen LogP) is 3.43. The molecule has 7 heteroatoms. The topological polar surface area (TPSA) is 71.5 Å². The summed E-state index contributed by atoms with van der Waals surface area (Å²) in [5, 5.41) is 2.80. The molecule has 0 aliphatic carbocycles. The number of hydrogen-bond donors (Lipinski definition) is 1. The third-order valence-corrected chi connectivity index (χ3v) is 3.91. The molecule has 6 nitrogen and oxygen atoms in total. The van der Waals surface area contributed by atoms with Crippen molar-refractivity contribution in [3.63, 3.8) is 0 Å². The van der Waals surface area contributed by atoms with Gasteiger partial charge in [-0.25, -0.2) is 9.78 Å². The first-order valence-corrected chi connectivity index (χ1v) is 8.44. The third-order valence-electron chi connectivity index (χ3n) is 3.42. The first kappa shape index (κ1) is 17.7. The van der Waals surface area contributed by atoms with Crippen molar-refractivity contribution in [3.05, 3.63) is 22.8 Å². The fourth-order valence-electron chi connectivity index (χ4n) is 2.38. The van der Waals surface area contributed by atoms with Crippen molar-refractivity contribution in [1.29, 1.82) is 0 Å². The highest BCUT2D eigenvalue weighted by molar-refractivity contribution is 9.10. The fraction of sp³-hybridized carbons (Fsp3) is 0.562. The normalized spacial score (nSPS) is 18.4. The molecule has 126 valence electrons. The summed E-state index contributed by atoms with van der Waals surface area (Å²) in [6.45, 7) is 6.48. The maximum atomic E-state index is 12.4. The summed E-state index contributed by atoms with van der Waals surface area (Å²) in [6, 6.07) is 3.53. The predicted molar refractivity (Wildman–Crippen MR) is 91.1 cm³/mol. The minimum atomic E-state index is -0.535. The van der Waals surface area contributed by atoms with Crippen molar-refractivity contribution in [1.82, 2.24) is 9.88 Å². The molecule has 1 unspecified atom stereocenters. The highest BCUT2D eigenvalue weighted by Crippen LogP contribution is 2.21. The highest BCUT2D eigenvalue weighted by Gasteiger charge is 2.31. The van der Waals surface area contributed by atoms with E-state index in [1.54, 1.807) is 23.2 Å². The summed E-state index contributed by atoms with van der Waals surface area (Å²) in [5.41, 5.74) is -0.535. The number of halogens is 1. The molecular formula is C16H22BrN3O3. The van der Waals surface area contributed by atoms with Gasteiger partial charge in [0.25, 0.3) is 0 Å². The van der Waals surface area contributed by atoms with E-state index >= 15 is 0 Å². The SMILES string of the molecule is CC(C)(C)OC(=O)N1CCCC(C(=O)Nc2cc(Br)ccn2)C1. The lowest BCUT2D eigenvalue weighted by Gasteiger charge is -2.33. The molecule has 0 aromatic carbocycles. The molecule has 0 bridgehead atoms. The molecular weight excluding hydrogens is 362 g/mol. The largest absolute Gasteiger partial charge is 0.444 e. The number of carbonyl (C=O) groups is 2. The molecule has 1 aliphatic rings. The van der Waals surface area contributed by atoms with Gasteiger partial charge in [0.1, 0.15) is 11.4 Å². The zero-order valence-electron chi connectivity index (χ0n) is 13.6. The van der Waals surface area contributed by atoms with Crippen LogP contribution in [-0.4, -0.2) is 40.6 Å². The molecule has 1 aliphatic heterocycles. The van der Waals surface area contributed by atoms with Gasteiger partial charge in [-0.15, -0.1) is 0 Å². The van der Waals surface area contributed by atoms with Gasteiger partial charge in [-0.1, -0.05) is 15.9 Å². The van der Waals surface area contributed by atoms with Gasteiger partial charge in [0.15, 0.2) is 0 Å². The molecule has 1 aromatic heterocycles. The van der Waals surface area contributed by atoms with E-state index in [-0.39, 0.29) is 17.9 Å². The van der Waals surface area contributed by atoms with Crippen molar-refractivity contribution < 1.29 is 14.3 Å². The van der Waals surface area contributed by atoms with E-state index in [9.17, 15) is 9.59 Å². The zero-order chi connectivity index (χ0) is 17.0. The Morgan fingerprint density at radius 2 is 2.17 bits per heavy atom. The number of amides is 2. The molecule has 1 fully saturated rings. The molecule has 1 N–H and O–H groups in total. The number of nitrogens with zero attached hydrogens (tertiary/aromatic N) is 2. The number of likely N-dealkylation sites (tertiary alicyclic amines) is 1. The zero-order valence-corrected chi connectivity index (χ0v) is 15.2. The van der Waals surface area contributed by atoms with E-state index in [0.717, 1.165) is 17.3 Å². The van der Waals surface area contributed by atoms with Gasteiger partial charge >= 0.3 is 6.09 Å². The van der Waals surface area contributed by atoms with Crippen molar-refractivity contribution in [2.45, 2.75) is 39.2 Å². The molecule has 2 amide bonds. The molecule has 2 rings (SSSR count). The fourth-order valence-corrected chi connectivity index (χ4v) is 2.72. The van der Waals surface area contributed by atoms with Crippen LogP contribution in [0.25, 0.3) is 0 Å². The van der Waals surface area contributed by atoms with Crippen molar-refractivity contribution >= 4 is 33.7 Å². The number of ether oxygens (including phenoxy) is 1. The average Bonchev–Trinajstić information content (AvgIpc) is 2.45. The van der Waals surface area contributed by atoms with Crippen LogP contribution in [0.15, 0.2) is 22.8 Å². The van der Waals surface area contributed by atoms with E-state index in [1.807, 2.05) is 20.8 Å². The second-order valence-corrected chi connectivity index (χ2v) is 7.53. The van der Waals surface area contributed by atoms with Crippen molar-refractivity contribution in [3.8, 4) is 0 Å². The van der Waals surface area contributed by atoms with Gasteiger partial charge in [0, 0.05) is 23.8 Å². The Morgan fingerprint density at radius 3 is 2.83 bits per heavy atom. The lowest BCUT2D eigenvalue weighted by Crippen LogP contribution is -2.45. The Labute approximate surface area is 144 Å². The number of nitrogens with one attached hydrogen (secondary N) is 1. The van der Waals surface area contributed by atoms with Gasteiger partial charge in [-0.2, -0.15) is 0 Å². The molecule has 0 spiro atoms. The highest BCUT2D eigenvalue weighted by atomic mass is 79.9. The standard InChI is InChI=1S/C16H22BrN3O3/c1-16(2,3)23-15(22)20-8-4-5-11(10-20)14(21)19-13-9-12(17)6-7-18-13/h6-7,9,11H,4-5,8,10H2,1-3H3,(H,18,19,21). The smallest absolute Gasteiger partial charge is 0.410 e. The maximum absolute atomic E-state index is 12.4. The lowest BCUT2D eigenvalue weighted by atomic mass is 9.97. The maximum Gasteiger partial charge on any atom is 0.410 e. The van der Waals surface area contributed by atoms with E-state index in [4.69, 9.17) is 4.74 Å². The summed E-state index contributed by atoms with van der Waals surface area (Å²) < 4.78 is 6.22. The molecule has 0 radical (unpaired) electrons. The number of rotatable bonds is 2. The van der Waals surface area contributed by atoms with Crippen LogP contribution in [0.3, 0.4) is 0 Å². The second-order valence-electron chi connectivity index (χ2n) is 6.61. The lowest BCUT2D eigenvalue weighted by molar-refractivity contribution is -0.121. The van der Waals surface area contributed by atoms with Crippen LogP contribution in [0.5, 0.6) is 0 Å². The third kappa shape index (κ3) is 5.49. The Morgan fingerprint density at radius 1 is 1.43 bits per heavy atom. The Bertz CT molecular complexity index is 586. The quantitative estimate of drug-likeness (QED) is 0.848. The summed E-state index contributed by atoms with van der Waals surface area (Å²) in [7, 11) is 0. The van der Waals surface area contributed by atoms with Gasteiger partial charge in [-0.05, 0) is 45.7 Å². The van der Waals surface area contributed by atoms with Gasteiger partial charge in [0.2, 0.25) is 5.91 Å². The molecule has 1 atom stereocenters.